The first kappa shape index (κ1) is 9.88. The molecule has 0 aromatic heterocycles. The van der Waals surface area contributed by atoms with Gasteiger partial charge in [-0.1, -0.05) is 25.1 Å². The Labute approximate surface area is 97.0 Å². The number of amidine groups is 1. The van der Waals surface area contributed by atoms with Crippen molar-refractivity contribution in [2.24, 2.45) is 10.9 Å². The van der Waals surface area contributed by atoms with Crippen LogP contribution in [0, 0.1) is 12.8 Å². The smallest absolute Gasteiger partial charge is 0.104 e. The summed E-state index contributed by atoms with van der Waals surface area (Å²) in [6, 6.07) is 6.62. The van der Waals surface area contributed by atoms with Crippen molar-refractivity contribution in [1.82, 2.24) is 0 Å². The van der Waals surface area contributed by atoms with Crippen LogP contribution in [0.25, 0.3) is 0 Å². The first-order valence-corrected chi connectivity index (χ1v) is 6.15. The minimum Gasteiger partial charge on any atom is -0.329 e. The Kier molecular flexibility index (Phi) is 2.23. The van der Waals surface area contributed by atoms with E-state index in [9.17, 15) is 0 Å². The molecule has 1 atom stereocenters. The summed E-state index contributed by atoms with van der Waals surface area (Å²) < 4.78 is 0. The Bertz CT molecular complexity index is 448. The number of benzene rings is 1. The monoisotopic (exact) mass is 214 g/mol. The van der Waals surface area contributed by atoms with E-state index in [-0.39, 0.29) is 0 Å². The van der Waals surface area contributed by atoms with Crippen molar-refractivity contribution in [3.05, 3.63) is 29.3 Å². The highest BCUT2D eigenvalue weighted by Crippen LogP contribution is 2.33. The van der Waals surface area contributed by atoms with Crippen molar-refractivity contribution in [2.75, 3.05) is 18.0 Å². The predicted octanol–water partition coefficient (Wildman–Crippen LogP) is 2.80. The summed E-state index contributed by atoms with van der Waals surface area (Å²) in [5.41, 5.74) is 4.30. The van der Waals surface area contributed by atoms with Crippen LogP contribution < -0.4 is 4.90 Å². The molecule has 0 saturated carbocycles. The average Bonchev–Trinajstić information content (AvgIpc) is 2.84. The number of nitrogens with zero attached hydrogens (tertiary/aromatic N) is 2. The molecule has 0 radical (unpaired) electrons. The van der Waals surface area contributed by atoms with E-state index >= 15 is 0 Å². The van der Waals surface area contributed by atoms with Gasteiger partial charge in [-0.25, -0.2) is 0 Å². The van der Waals surface area contributed by atoms with Crippen molar-refractivity contribution >= 4 is 11.5 Å². The standard InChI is InChI=1S/C14H18N2/c1-10-8-13(15-9-10)16-7-6-12-5-3-4-11(2)14(12)16/h3-5,10H,6-9H2,1-2H3. The highest BCUT2D eigenvalue weighted by Gasteiger charge is 2.27. The van der Waals surface area contributed by atoms with Crippen molar-refractivity contribution in [3.8, 4) is 0 Å². The summed E-state index contributed by atoms with van der Waals surface area (Å²) in [5.74, 6) is 2.03. The third-order valence-electron chi connectivity index (χ3n) is 3.62. The van der Waals surface area contributed by atoms with Gasteiger partial charge in [-0.15, -0.1) is 0 Å². The Morgan fingerprint density at radius 1 is 1.38 bits per heavy atom. The Hall–Kier alpha value is -1.31. The third-order valence-corrected chi connectivity index (χ3v) is 3.62. The zero-order valence-corrected chi connectivity index (χ0v) is 10.0. The van der Waals surface area contributed by atoms with E-state index in [1.54, 1.807) is 0 Å². The molecule has 0 fully saturated rings. The fourth-order valence-electron chi connectivity index (χ4n) is 2.81. The molecule has 2 aliphatic heterocycles. The fraction of sp³-hybridized carbons (Fsp3) is 0.500. The van der Waals surface area contributed by atoms with E-state index in [2.05, 4.69) is 41.9 Å². The number of aliphatic imine (C=N–C) groups is 1. The van der Waals surface area contributed by atoms with E-state index < -0.39 is 0 Å². The minimum atomic E-state index is 0.725. The molecule has 16 heavy (non-hydrogen) atoms. The van der Waals surface area contributed by atoms with Gasteiger partial charge < -0.3 is 4.90 Å². The molecule has 0 N–H and O–H groups in total. The largest absolute Gasteiger partial charge is 0.329 e. The quantitative estimate of drug-likeness (QED) is 0.648. The van der Waals surface area contributed by atoms with E-state index in [1.807, 2.05) is 0 Å². The molecule has 2 heterocycles. The van der Waals surface area contributed by atoms with Gasteiger partial charge in [-0.2, -0.15) is 0 Å². The molecule has 1 unspecified atom stereocenters. The topological polar surface area (TPSA) is 15.6 Å². The molecule has 2 nitrogen and oxygen atoms in total. The number of anilines is 1. The molecule has 0 bridgehead atoms. The Morgan fingerprint density at radius 3 is 3.00 bits per heavy atom. The Balaban J connectivity index is 1.97. The molecular weight excluding hydrogens is 196 g/mol. The number of hydrogen-bond acceptors (Lipinski definition) is 2. The van der Waals surface area contributed by atoms with Crippen LogP contribution in [-0.2, 0) is 6.42 Å². The van der Waals surface area contributed by atoms with Gasteiger partial charge in [-0.3, -0.25) is 4.99 Å². The van der Waals surface area contributed by atoms with Gasteiger partial charge in [0.25, 0.3) is 0 Å². The molecule has 0 spiro atoms. The van der Waals surface area contributed by atoms with Crippen LogP contribution in [0.15, 0.2) is 23.2 Å². The van der Waals surface area contributed by atoms with Crippen LogP contribution in [0.5, 0.6) is 0 Å². The van der Waals surface area contributed by atoms with Crippen LogP contribution >= 0.6 is 0 Å². The van der Waals surface area contributed by atoms with Crippen molar-refractivity contribution in [3.63, 3.8) is 0 Å². The molecule has 1 aromatic carbocycles. The lowest BCUT2D eigenvalue weighted by atomic mass is 10.1. The molecule has 2 heteroatoms. The van der Waals surface area contributed by atoms with Crippen LogP contribution in [0.2, 0.25) is 0 Å². The van der Waals surface area contributed by atoms with E-state index in [0.717, 1.165) is 25.4 Å². The minimum absolute atomic E-state index is 0.725. The highest BCUT2D eigenvalue weighted by molar-refractivity contribution is 6.01. The molecule has 0 amide bonds. The number of aryl methyl sites for hydroxylation is 1. The maximum atomic E-state index is 4.68. The molecule has 0 aliphatic carbocycles. The second-order valence-electron chi connectivity index (χ2n) is 5.05. The third kappa shape index (κ3) is 1.44. The van der Waals surface area contributed by atoms with Gasteiger partial charge in [0.15, 0.2) is 0 Å². The van der Waals surface area contributed by atoms with Gasteiger partial charge in [0.2, 0.25) is 0 Å². The number of fused-ring (bicyclic) bond motifs is 1. The van der Waals surface area contributed by atoms with Gasteiger partial charge >= 0.3 is 0 Å². The Morgan fingerprint density at radius 2 is 2.25 bits per heavy atom. The highest BCUT2D eigenvalue weighted by atomic mass is 15.2. The van der Waals surface area contributed by atoms with Crippen LogP contribution in [0.3, 0.4) is 0 Å². The van der Waals surface area contributed by atoms with E-state index in [1.165, 1.54) is 29.1 Å². The fourth-order valence-corrected chi connectivity index (χ4v) is 2.81. The predicted molar refractivity (Wildman–Crippen MR) is 68.3 cm³/mol. The zero-order valence-electron chi connectivity index (χ0n) is 10.0. The van der Waals surface area contributed by atoms with Crippen molar-refractivity contribution < 1.29 is 0 Å². The maximum Gasteiger partial charge on any atom is 0.104 e. The van der Waals surface area contributed by atoms with E-state index in [4.69, 9.17) is 0 Å². The van der Waals surface area contributed by atoms with E-state index in [0.29, 0.717) is 0 Å². The van der Waals surface area contributed by atoms with Gasteiger partial charge in [0, 0.05) is 25.2 Å². The molecule has 2 aliphatic rings. The van der Waals surface area contributed by atoms with Crippen LogP contribution in [0.4, 0.5) is 5.69 Å². The molecule has 3 rings (SSSR count). The van der Waals surface area contributed by atoms with Gasteiger partial charge in [0.1, 0.15) is 5.84 Å². The second-order valence-corrected chi connectivity index (χ2v) is 5.05. The number of para-hydroxylation sites is 1. The molecular formula is C14H18N2. The SMILES string of the molecule is Cc1cccc2c1N(C1=NCC(C)C1)CC2. The summed E-state index contributed by atoms with van der Waals surface area (Å²) in [6.07, 6.45) is 2.32. The zero-order chi connectivity index (χ0) is 11.1. The summed E-state index contributed by atoms with van der Waals surface area (Å²) >= 11 is 0. The molecule has 1 aromatic rings. The lowest BCUT2D eigenvalue weighted by molar-refractivity contribution is 0.662. The summed E-state index contributed by atoms with van der Waals surface area (Å²) in [7, 11) is 0. The summed E-state index contributed by atoms with van der Waals surface area (Å²) in [4.78, 5) is 7.12. The summed E-state index contributed by atoms with van der Waals surface area (Å²) in [5, 5.41) is 0. The van der Waals surface area contributed by atoms with Crippen molar-refractivity contribution in [1.29, 1.82) is 0 Å². The van der Waals surface area contributed by atoms with Gasteiger partial charge in [0.05, 0.1) is 0 Å². The maximum absolute atomic E-state index is 4.68. The average molecular weight is 214 g/mol. The summed E-state index contributed by atoms with van der Waals surface area (Å²) in [6.45, 7) is 6.61. The first-order chi connectivity index (χ1) is 7.75. The second kappa shape index (κ2) is 3.62. The number of rotatable bonds is 0. The lowest BCUT2D eigenvalue weighted by Gasteiger charge is -2.21. The molecule has 84 valence electrons. The molecule has 0 saturated heterocycles. The van der Waals surface area contributed by atoms with Crippen molar-refractivity contribution in [2.45, 2.75) is 26.7 Å². The normalized spacial score (nSPS) is 23.5. The van der Waals surface area contributed by atoms with Crippen LogP contribution in [0.1, 0.15) is 24.5 Å². The van der Waals surface area contributed by atoms with Crippen LogP contribution in [-0.4, -0.2) is 18.9 Å². The number of hydrogen-bond donors (Lipinski definition) is 0. The lowest BCUT2D eigenvalue weighted by Crippen LogP contribution is -2.28. The first-order valence-electron chi connectivity index (χ1n) is 6.15. The van der Waals surface area contributed by atoms with Gasteiger partial charge in [-0.05, 0) is 30.4 Å².